The minimum Gasteiger partial charge on any atom is -0.334 e. The van der Waals surface area contributed by atoms with Crippen molar-refractivity contribution < 1.29 is 4.79 Å². The van der Waals surface area contributed by atoms with Gasteiger partial charge in [-0.3, -0.25) is 9.78 Å². The van der Waals surface area contributed by atoms with E-state index in [1.165, 1.54) is 0 Å². The summed E-state index contributed by atoms with van der Waals surface area (Å²) in [5.41, 5.74) is 2.23. The fraction of sp³-hybridized carbons (Fsp3) is 0.235. The topological polar surface area (TPSA) is 57.0 Å². The second kappa shape index (κ2) is 7.20. The summed E-state index contributed by atoms with van der Waals surface area (Å²) in [6, 6.07) is 12.9. The van der Waals surface area contributed by atoms with Crippen LogP contribution in [0, 0.1) is 11.3 Å². The maximum atomic E-state index is 12.5. The number of benzene rings is 1. The third-order valence-corrected chi connectivity index (χ3v) is 3.15. The lowest BCUT2D eigenvalue weighted by molar-refractivity contribution is 0.0743. The minimum absolute atomic E-state index is 0.0192. The van der Waals surface area contributed by atoms with Crippen LogP contribution in [-0.2, 0) is 6.54 Å². The summed E-state index contributed by atoms with van der Waals surface area (Å²) in [6.45, 7) is 3.27. The van der Waals surface area contributed by atoms with Gasteiger partial charge >= 0.3 is 0 Å². The highest BCUT2D eigenvalue weighted by Crippen LogP contribution is 2.11. The molecule has 1 heterocycles. The monoisotopic (exact) mass is 279 g/mol. The highest BCUT2D eigenvalue weighted by Gasteiger charge is 2.15. The average molecular weight is 279 g/mol. The Morgan fingerprint density at radius 1 is 1.29 bits per heavy atom. The van der Waals surface area contributed by atoms with Gasteiger partial charge in [-0.2, -0.15) is 5.26 Å². The fourth-order valence-corrected chi connectivity index (χ4v) is 2.10. The van der Waals surface area contributed by atoms with E-state index in [1.54, 1.807) is 41.6 Å². The molecule has 0 saturated carbocycles. The van der Waals surface area contributed by atoms with Crippen LogP contribution in [0.3, 0.4) is 0 Å². The van der Waals surface area contributed by atoms with E-state index < -0.39 is 0 Å². The molecule has 4 heteroatoms. The molecule has 1 aromatic carbocycles. The molecular weight excluding hydrogens is 262 g/mol. The lowest BCUT2D eigenvalue weighted by atomic mass is 10.1. The van der Waals surface area contributed by atoms with E-state index in [4.69, 9.17) is 5.26 Å². The van der Waals surface area contributed by atoms with Gasteiger partial charge in [-0.1, -0.05) is 19.1 Å². The molecule has 0 unspecified atom stereocenters. The van der Waals surface area contributed by atoms with Gasteiger partial charge in [0.1, 0.15) is 0 Å². The Bertz CT molecular complexity index is 629. The van der Waals surface area contributed by atoms with E-state index >= 15 is 0 Å². The average Bonchev–Trinajstić information content (AvgIpc) is 2.55. The zero-order valence-electron chi connectivity index (χ0n) is 12.0. The van der Waals surface area contributed by atoms with Gasteiger partial charge in [0.2, 0.25) is 0 Å². The lowest BCUT2D eigenvalue weighted by Crippen LogP contribution is -2.31. The largest absolute Gasteiger partial charge is 0.334 e. The van der Waals surface area contributed by atoms with Gasteiger partial charge in [0.15, 0.2) is 0 Å². The number of rotatable bonds is 5. The molecule has 4 nitrogen and oxygen atoms in total. The number of pyridine rings is 1. The second-order valence-electron chi connectivity index (χ2n) is 4.78. The van der Waals surface area contributed by atoms with E-state index in [2.05, 4.69) is 11.1 Å². The van der Waals surface area contributed by atoms with Crippen molar-refractivity contribution in [2.24, 2.45) is 0 Å². The zero-order valence-corrected chi connectivity index (χ0v) is 12.0. The smallest absolute Gasteiger partial charge is 0.255 e. The maximum Gasteiger partial charge on any atom is 0.255 e. The van der Waals surface area contributed by atoms with Crippen LogP contribution in [0.1, 0.15) is 34.8 Å². The van der Waals surface area contributed by atoms with Crippen LogP contribution in [0.25, 0.3) is 0 Å². The molecule has 0 N–H and O–H groups in total. The van der Waals surface area contributed by atoms with Crippen LogP contribution < -0.4 is 0 Å². The normalized spacial score (nSPS) is 9.90. The molecule has 0 aliphatic carbocycles. The number of hydrogen-bond acceptors (Lipinski definition) is 3. The molecule has 0 radical (unpaired) electrons. The molecule has 0 aliphatic heterocycles. The summed E-state index contributed by atoms with van der Waals surface area (Å²) in [4.78, 5) is 18.3. The van der Waals surface area contributed by atoms with Gasteiger partial charge in [0.25, 0.3) is 5.91 Å². The van der Waals surface area contributed by atoms with Crippen LogP contribution in [0.15, 0.2) is 48.8 Å². The Morgan fingerprint density at radius 2 is 2.05 bits per heavy atom. The maximum absolute atomic E-state index is 12.5. The van der Waals surface area contributed by atoms with Crippen LogP contribution in [0.2, 0.25) is 0 Å². The number of carbonyl (C=O) groups excluding carboxylic acids is 1. The molecule has 0 aliphatic rings. The third-order valence-electron chi connectivity index (χ3n) is 3.15. The van der Waals surface area contributed by atoms with Gasteiger partial charge in [-0.05, 0) is 36.2 Å². The molecule has 2 aromatic rings. The third kappa shape index (κ3) is 3.90. The Labute approximate surface area is 124 Å². The summed E-state index contributed by atoms with van der Waals surface area (Å²) in [5, 5.41) is 8.81. The Hall–Kier alpha value is -2.67. The van der Waals surface area contributed by atoms with E-state index in [0.717, 1.165) is 12.0 Å². The first-order chi connectivity index (χ1) is 10.2. The van der Waals surface area contributed by atoms with Crippen molar-refractivity contribution in [2.45, 2.75) is 19.9 Å². The van der Waals surface area contributed by atoms with Crippen molar-refractivity contribution in [3.8, 4) is 6.07 Å². The standard InChI is InChI=1S/C17H17N3O/c1-2-10-20(17(21)16-4-3-9-19-12-16)13-15-7-5-14(11-18)6-8-15/h3-9,12H,2,10,13H2,1H3. The van der Waals surface area contributed by atoms with E-state index in [-0.39, 0.29) is 5.91 Å². The molecular formula is C17H17N3O. The Kier molecular flexibility index (Phi) is 5.05. The van der Waals surface area contributed by atoms with Gasteiger partial charge in [0.05, 0.1) is 17.2 Å². The molecule has 1 amide bonds. The summed E-state index contributed by atoms with van der Waals surface area (Å²) in [5.74, 6) is -0.0192. The van der Waals surface area contributed by atoms with Gasteiger partial charge < -0.3 is 4.90 Å². The van der Waals surface area contributed by atoms with Crippen molar-refractivity contribution in [2.75, 3.05) is 6.54 Å². The van der Waals surface area contributed by atoms with Crippen molar-refractivity contribution >= 4 is 5.91 Å². The fourth-order valence-electron chi connectivity index (χ4n) is 2.10. The van der Waals surface area contributed by atoms with E-state index in [0.29, 0.717) is 24.2 Å². The molecule has 21 heavy (non-hydrogen) atoms. The predicted octanol–water partition coefficient (Wildman–Crippen LogP) is 3.01. The number of aromatic nitrogens is 1. The van der Waals surface area contributed by atoms with Gasteiger partial charge in [-0.15, -0.1) is 0 Å². The summed E-state index contributed by atoms with van der Waals surface area (Å²) in [7, 11) is 0. The number of amides is 1. The van der Waals surface area contributed by atoms with Crippen molar-refractivity contribution in [3.63, 3.8) is 0 Å². The molecule has 0 bridgehead atoms. The molecule has 0 saturated heterocycles. The Morgan fingerprint density at radius 3 is 2.62 bits per heavy atom. The first-order valence-electron chi connectivity index (χ1n) is 6.93. The number of hydrogen-bond donors (Lipinski definition) is 0. The summed E-state index contributed by atoms with van der Waals surface area (Å²) < 4.78 is 0. The van der Waals surface area contributed by atoms with Gasteiger partial charge in [0, 0.05) is 25.5 Å². The highest BCUT2D eigenvalue weighted by molar-refractivity contribution is 5.93. The minimum atomic E-state index is -0.0192. The molecule has 0 fully saturated rings. The molecule has 2 rings (SSSR count). The van der Waals surface area contributed by atoms with E-state index in [9.17, 15) is 4.79 Å². The summed E-state index contributed by atoms with van der Waals surface area (Å²) in [6.07, 6.45) is 4.13. The second-order valence-corrected chi connectivity index (χ2v) is 4.78. The summed E-state index contributed by atoms with van der Waals surface area (Å²) >= 11 is 0. The Balaban J connectivity index is 2.15. The molecule has 1 aromatic heterocycles. The molecule has 0 atom stereocenters. The number of carbonyl (C=O) groups is 1. The van der Waals surface area contributed by atoms with Crippen LogP contribution >= 0.6 is 0 Å². The highest BCUT2D eigenvalue weighted by atomic mass is 16.2. The van der Waals surface area contributed by atoms with Crippen molar-refractivity contribution in [3.05, 3.63) is 65.5 Å². The molecule has 106 valence electrons. The van der Waals surface area contributed by atoms with Crippen LogP contribution in [-0.4, -0.2) is 22.3 Å². The quantitative estimate of drug-likeness (QED) is 0.845. The predicted molar refractivity (Wildman–Crippen MR) is 80.4 cm³/mol. The van der Waals surface area contributed by atoms with E-state index in [1.807, 2.05) is 19.1 Å². The number of nitriles is 1. The SMILES string of the molecule is CCCN(Cc1ccc(C#N)cc1)C(=O)c1cccnc1. The van der Waals surface area contributed by atoms with Crippen molar-refractivity contribution in [1.29, 1.82) is 5.26 Å². The van der Waals surface area contributed by atoms with Gasteiger partial charge in [-0.25, -0.2) is 0 Å². The van der Waals surface area contributed by atoms with Crippen LogP contribution in [0.5, 0.6) is 0 Å². The van der Waals surface area contributed by atoms with Crippen molar-refractivity contribution in [1.82, 2.24) is 9.88 Å². The molecule has 0 spiro atoms. The number of nitrogens with zero attached hydrogens (tertiary/aromatic N) is 3. The van der Waals surface area contributed by atoms with Crippen LogP contribution in [0.4, 0.5) is 0 Å². The zero-order chi connectivity index (χ0) is 15.1. The first-order valence-corrected chi connectivity index (χ1v) is 6.93. The first kappa shape index (κ1) is 14.7. The lowest BCUT2D eigenvalue weighted by Gasteiger charge is -2.22.